The van der Waals surface area contributed by atoms with Gasteiger partial charge in [-0.3, -0.25) is 13.6 Å². The molecule has 0 radical (unpaired) electrons. The van der Waals surface area contributed by atoms with Gasteiger partial charge in [-0.05, 0) is 48.5 Å². The molecule has 0 aliphatic rings. The van der Waals surface area contributed by atoms with Crippen LogP contribution in [0.1, 0.15) is 23.6 Å². The predicted octanol–water partition coefficient (Wildman–Crippen LogP) is 6.73. The van der Waals surface area contributed by atoms with Crippen LogP contribution in [0.4, 0.5) is 29.7 Å². The Bertz CT molecular complexity index is 1320. The lowest BCUT2D eigenvalue weighted by Gasteiger charge is -2.23. The molecule has 0 saturated carbocycles. The van der Waals surface area contributed by atoms with E-state index >= 15 is 0 Å². The van der Waals surface area contributed by atoms with Crippen LogP contribution < -0.4 is 21.3 Å². The van der Waals surface area contributed by atoms with Crippen LogP contribution in [0.3, 0.4) is 0 Å². The molecule has 4 amide bonds. The quantitative estimate of drug-likeness (QED) is 0.125. The number of benzene rings is 4. The van der Waals surface area contributed by atoms with Gasteiger partial charge in [-0.25, -0.2) is 18.4 Å². The summed E-state index contributed by atoms with van der Waals surface area (Å²) >= 11 is 0. The molecule has 0 aliphatic heterocycles. The summed E-state index contributed by atoms with van der Waals surface area (Å²) in [6, 6.07) is 25.8. The molecule has 0 bridgehead atoms. The number of hydrogen-bond donors (Lipinski definition) is 4. The first-order valence-corrected chi connectivity index (χ1v) is 13.2. The third kappa shape index (κ3) is 8.74. The fourth-order valence-corrected chi connectivity index (χ4v) is 4.30. The lowest BCUT2D eigenvalue weighted by atomic mass is 10.2. The smallest absolute Gasteiger partial charge is 0.308 e. The summed E-state index contributed by atoms with van der Waals surface area (Å²) in [7, 11) is -3.46. The molecule has 4 rings (SSSR count). The van der Waals surface area contributed by atoms with Crippen molar-refractivity contribution in [1.82, 2.24) is 10.6 Å². The summed E-state index contributed by atoms with van der Waals surface area (Å²) in [5.74, 6) is -1.05. The fourth-order valence-electron chi connectivity index (χ4n) is 3.47. The van der Waals surface area contributed by atoms with Gasteiger partial charge in [-0.15, -0.1) is 0 Å². The number of anilines is 2. The average Bonchev–Trinajstić information content (AvgIpc) is 2.94. The molecule has 0 saturated heterocycles. The first-order valence-electron chi connectivity index (χ1n) is 12.0. The molecular weight excluding hydrogens is 541 g/mol. The van der Waals surface area contributed by atoms with E-state index in [4.69, 9.17) is 9.05 Å². The van der Waals surface area contributed by atoms with Crippen LogP contribution in [0.2, 0.25) is 0 Å². The normalized spacial score (nSPS) is 12.9. The number of rotatable bonds is 10. The van der Waals surface area contributed by atoms with Crippen molar-refractivity contribution in [3.8, 4) is 0 Å². The Labute approximate surface area is 229 Å². The number of hydrogen-bond acceptors (Lipinski definition) is 5. The minimum absolute atomic E-state index is 0.277. The molecule has 4 aromatic rings. The molecule has 4 aromatic carbocycles. The van der Waals surface area contributed by atoms with E-state index in [-0.39, 0.29) is 11.1 Å². The maximum absolute atomic E-state index is 13.5. The highest BCUT2D eigenvalue weighted by Gasteiger charge is 2.23. The SMILES string of the molecule is O=C(Nc1ccccc1)NC(O[PH](=O)OC(NC(=O)Nc1ccccc1)c1ccc(F)cc1)c1ccc(F)cc1. The molecule has 0 aromatic heterocycles. The lowest BCUT2D eigenvalue weighted by Crippen LogP contribution is -2.34. The molecule has 12 heteroatoms. The average molecular weight is 567 g/mol. The molecule has 0 heterocycles. The molecule has 206 valence electrons. The Balaban J connectivity index is 1.49. The van der Waals surface area contributed by atoms with Crippen LogP contribution in [0, 0.1) is 11.6 Å². The van der Waals surface area contributed by atoms with Crippen molar-refractivity contribution in [1.29, 1.82) is 0 Å². The molecule has 0 fully saturated rings. The molecule has 9 nitrogen and oxygen atoms in total. The van der Waals surface area contributed by atoms with E-state index in [1.165, 1.54) is 24.3 Å². The second-order valence-corrected chi connectivity index (χ2v) is 9.25. The van der Waals surface area contributed by atoms with Gasteiger partial charge in [0, 0.05) is 22.5 Å². The van der Waals surface area contributed by atoms with E-state index < -0.39 is 44.4 Å². The van der Waals surface area contributed by atoms with E-state index in [2.05, 4.69) is 21.3 Å². The Kier molecular flexibility index (Phi) is 9.95. The van der Waals surface area contributed by atoms with Crippen LogP contribution in [0.25, 0.3) is 0 Å². The van der Waals surface area contributed by atoms with Gasteiger partial charge < -0.3 is 21.3 Å². The van der Waals surface area contributed by atoms with E-state index in [0.29, 0.717) is 11.4 Å². The van der Waals surface area contributed by atoms with Crippen molar-refractivity contribution in [2.45, 2.75) is 12.5 Å². The van der Waals surface area contributed by atoms with Crippen LogP contribution in [-0.4, -0.2) is 12.1 Å². The zero-order valence-electron chi connectivity index (χ0n) is 20.8. The number of carbonyl (C=O) groups excluding carboxylic acids is 2. The summed E-state index contributed by atoms with van der Waals surface area (Å²) in [4.78, 5) is 25.3. The first-order chi connectivity index (χ1) is 19.4. The second kappa shape index (κ2) is 14.0. The number of halogens is 2. The number of para-hydroxylation sites is 2. The topological polar surface area (TPSA) is 118 Å². The summed E-state index contributed by atoms with van der Waals surface area (Å²) in [5.41, 5.74) is 1.54. The minimum Gasteiger partial charge on any atom is -0.308 e. The molecule has 0 spiro atoms. The molecule has 0 aliphatic carbocycles. The number of urea groups is 2. The zero-order valence-corrected chi connectivity index (χ0v) is 21.8. The van der Waals surface area contributed by atoms with Gasteiger partial charge in [0.1, 0.15) is 11.6 Å². The van der Waals surface area contributed by atoms with Crippen molar-refractivity contribution < 1.29 is 32.0 Å². The van der Waals surface area contributed by atoms with Gasteiger partial charge >= 0.3 is 20.3 Å². The Morgan fingerprint density at radius 1 is 0.575 bits per heavy atom. The van der Waals surface area contributed by atoms with Crippen LogP contribution >= 0.6 is 8.25 Å². The van der Waals surface area contributed by atoms with Crippen LogP contribution in [-0.2, 0) is 13.6 Å². The third-order valence-corrected chi connectivity index (χ3v) is 6.22. The van der Waals surface area contributed by atoms with Crippen molar-refractivity contribution >= 4 is 31.7 Å². The first kappa shape index (κ1) is 28.4. The van der Waals surface area contributed by atoms with E-state index in [0.717, 1.165) is 24.3 Å². The van der Waals surface area contributed by atoms with Crippen molar-refractivity contribution in [3.63, 3.8) is 0 Å². The third-order valence-electron chi connectivity index (χ3n) is 5.36. The number of carbonyl (C=O) groups is 2. The van der Waals surface area contributed by atoms with Gasteiger partial charge in [0.25, 0.3) is 0 Å². The minimum atomic E-state index is -3.46. The van der Waals surface area contributed by atoms with Crippen molar-refractivity contribution in [2.75, 3.05) is 10.6 Å². The van der Waals surface area contributed by atoms with Crippen LogP contribution in [0.15, 0.2) is 109 Å². The van der Waals surface area contributed by atoms with E-state index in [9.17, 15) is 22.9 Å². The molecular formula is C28H25F2N4O5P. The molecule has 2 unspecified atom stereocenters. The van der Waals surface area contributed by atoms with Gasteiger partial charge in [0.05, 0.1) is 0 Å². The monoisotopic (exact) mass is 566 g/mol. The van der Waals surface area contributed by atoms with Crippen molar-refractivity contribution in [3.05, 3.63) is 132 Å². The van der Waals surface area contributed by atoms with Crippen LogP contribution in [0.5, 0.6) is 0 Å². The molecule has 2 atom stereocenters. The largest absolute Gasteiger partial charge is 0.323 e. The number of nitrogens with one attached hydrogen (secondary N) is 4. The summed E-state index contributed by atoms with van der Waals surface area (Å²) < 4.78 is 51.2. The Morgan fingerprint density at radius 3 is 1.27 bits per heavy atom. The standard InChI is InChI=1S/C28H25F2N4O5P/c29-21-15-11-19(12-16-21)25(33-27(35)31-23-7-3-1-4-8-23)38-40(37)39-26(20-13-17-22(30)18-14-20)34-28(36)32-24-9-5-2-6-10-24/h1-18,25-26,40H,(H2,31,33,35)(H2,32,34,36). The Morgan fingerprint density at radius 2 is 0.925 bits per heavy atom. The highest BCUT2D eigenvalue weighted by molar-refractivity contribution is 7.33. The molecule has 4 N–H and O–H groups in total. The highest BCUT2D eigenvalue weighted by Crippen LogP contribution is 2.37. The fraction of sp³-hybridized carbons (Fsp3) is 0.0714. The summed E-state index contributed by atoms with van der Waals surface area (Å²) in [6.45, 7) is 0. The van der Waals surface area contributed by atoms with E-state index in [1.54, 1.807) is 60.7 Å². The van der Waals surface area contributed by atoms with E-state index in [1.807, 2.05) is 0 Å². The predicted molar refractivity (Wildman–Crippen MR) is 147 cm³/mol. The van der Waals surface area contributed by atoms with Gasteiger partial charge in [0.2, 0.25) is 0 Å². The van der Waals surface area contributed by atoms with Gasteiger partial charge in [-0.1, -0.05) is 60.7 Å². The Hall–Kier alpha value is -4.57. The summed E-state index contributed by atoms with van der Waals surface area (Å²) in [6.07, 6.45) is -2.63. The molecule has 40 heavy (non-hydrogen) atoms. The maximum Gasteiger partial charge on any atom is 0.323 e. The highest BCUT2D eigenvalue weighted by atomic mass is 31.1. The number of amides is 4. The lowest BCUT2D eigenvalue weighted by molar-refractivity contribution is 0.107. The van der Waals surface area contributed by atoms with Gasteiger partial charge in [0.15, 0.2) is 12.5 Å². The van der Waals surface area contributed by atoms with Gasteiger partial charge in [-0.2, -0.15) is 0 Å². The summed E-state index contributed by atoms with van der Waals surface area (Å²) in [5, 5.41) is 10.3. The van der Waals surface area contributed by atoms with Crippen molar-refractivity contribution in [2.24, 2.45) is 0 Å². The maximum atomic E-state index is 13.5. The zero-order chi connectivity index (χ0) is 28.3. The second-order valence-electron chi connectivity index (χ2n) is 8.28.